The number of nitrogens with zero attached hydrogens (tertiary/aromatic N) is 7. The largest absolute Gasteiger partial charge is 0.382 e. The highest BCUT2D eigenvalue weighted by molar-refractivity contribution is 6.31. The second-order valence-corrected chi connectivity index (χ2v) is 13.1. The van der Waals surface area contributed by atoms with Crippen LogP contribution in [0.3, 0.4) is 0 Å². The number of nitrogens with one attached hydrogen (secondary N) is 1. The van der Waals surface area contributed by atoms with Crippen LogP contribution in [0.4, 0.5) is 17.1 Å². The molecular formula is C39H41ClN8O. The number of likely N-dealkylation sites (tertiary alicyclic amines) is 1. The van der Waals surface area contributed by atoms with Gasteiger partial charge >= 0.3 is 0 Å². The quantitative estimate of drug-likeness (QED) is 0.192. The maximum atomic E-state index is 11.6. The van der Waals surface area contributed by atoms with Gasteiger partial charge in [-0.2, -0.15) is 0 Å². The molecule has 3 heterocycles. The number of rotatable bonds is 6. The summed E-state index contributed by atoms with van der Waals surface area (Å²) in [5, 5.41) is 4.33. The lowest BCUT2D eigenvalue weighted by Gasteiger charge is -2.32. The Morgan fingerprint density at radius 3 is 1.76 bits per heavy atom. The highest BCUT2D eigenvalue weighted by Gasteiger charge is 2.21. The molecule has 0 atom stereocenters. The van der Waals surface area contributed by atoms with E-state index in [1.165, 1.54) is 0 Å². The molecule has 6 aromatic rings. The van der Waals surface area contributed by atoms with Crippen molar-refractivity contribution >= 4 is 56.6 Å². The first-order chi connectivity index (χ1) is 23.7. The van der Waals surface area contributed by atoms with Gasteiger partial charge in [0.05, 0.1) is 22.1 Å². The number of carbonyl (C=O) groups excluding carboxylic acids is 1. The summed E-state index contributed by atoms with van der Waals surface area (Å²) in [6.07, 6.45) is 8.75. The third kappa shape index (κ3) is 7.90. The predicted molar refractivity (Wildman–Crippen MR) is 203 cm³/mol. The molecule has 0 bridgehead atoms. The standard InChI is InChI=1S/C23H27N5O.C16H14ClN3/c1-16(29)28-11-7-18(8-12-28)26-19-14-21(23-22(15-19)24-9-10-25-23)17-5-4-6-20(13-17)27(2)3;1-20(2)13-5-3-4-11(8-13)14-9-12(17)10-15-16(14)19-7-6-18-15/h4-6,9-10,13-15,18,26H,7-8,11-12H2,1-3H3;3-10H,1-2H3. The van der Waals surface area contributed by atoms with Crippen molar-refractivity contribution in [1.82, 2.24) is 24.8 Å². The number of fused-ring (bicyclic) bond motifs is 2. The summed E-state index contributed by atoms with van der Waals surface area (Å²) >= 11 is 6.20. The Morgan fingerprint density at radius 1 is 0.714 bits per heavy atom. The van der Waals surface area contributed by atoms with Crippen LogP contribution in [0.25, 0.3) is 44.3 Å². The molecule has 1 aliphatic heterocycles. The number of hydrogen-bond acceptors (Lipinski definition) is 8. The van der Waals surface area contributed by atoms with E-state index in [2.05, 4.69) is 89.6 Å². The van der Waals surface area contributed by atoms with Crippen molar-refractivity contribution in [2.45, 2.75) is 25.8 Å². The van der Waals surface area contributed by atoms with E-state index < -0.39 is 0 Å². The topological polar surface area (TPSA) is 90.4 Å². The van der Waals surface area contributed by atoms with Crippen molar-refractivity contribution < 1.29 is 4.79 Å². The number of carbonyl (C=O) groups is 1. The molecule has 250 valence electrons. The average Bonchev–Trinajstić information content (AvgIpc) is 3.11. The van der Waals surface area contributed by atoms with Crippen LogP contribution in [0.2, 0.25) is 5.02 Å². The lowest BCUT2D eigenvalue weighted by Crippen LogP contribution is -2.41. The lowest BCUT2D eigenvalue weighted by molar-refractivity contribution is -0.129. The smallest absolute Gasteiger partial charge is 0.219 e. The van der Waals surface area contributed by atoms with E-state index in [0.29, 0.717) is 11.1 Å². The van der Waals surface area contributed by atoms with Crippen LogP contribution >= 0.6 is 11.6 Å². The summed E-state index contributed by atoms with van der Waals surface area (Å²) in [6.45, 7) is 3.25. The minimum Gasteiger partial charge on any atom is -0.382 e. The van der Waals surface area contributed by atoms with Crippen LogP contribution in [0.5, 0.6) is 0 Å². The van der Waals surface area contributed by atoms with Gasteiger partial charge in [0.15, 0.2) is 0 Å². The van der Waals surface area contributed by atoms with E-state index in [9.17, 15) is 4.79 Å². The molecule has 9 nitrogen and oxygen atoms in total. The van der Waals surface area contributed by atoms with E-state index >= 15 is 0 Å². The fourth-order valence-corrected chi connectivity index (χ4v) is 6.33. The van der Waals surface area contributed by atoms with Crippen LogP contribution in [0.1, 0.15) is 19.8 Å². The Kier molecular flexibility index (Phi) is 10.2. The van der Waals surface area contributed by atoms with E-state index in [4.69, 9.17) is 11.6 Å². The van der Waals surface area contributed by atoms with Gasteiger partial charge in [0, 0.05) is 112 Å². The van der Waals surface area contributed by atoms with Crippen LogP contribution < -0.4 is 15.1 Å². The Balaban J connectivity index is 0.000000182. The Labute approximate surface area is 292 Å². The fourth-order valence-electron chi connectivity index (χ4n) is 6.12. The zero-order valence-electron chi connectivity index (χ0n) is 28.6. The monoisotopic (exact) mass is 672 g/mol. The van der Waals surface area contributed by atoms with Crippen molar-refractivity contribution in [2.24, 2.45) is 0 Å². The van der Waals surface area contributed by atoms with Crippen LogP contribution in [-0.4, -0.2) is 78.1 Å². The number of aromatic nitrogens is 4. The lowest BCUT2D eigenvalue weighted by atomic mass is 10.0. The molecule has 0 saturated carbocycles. The van der Waals surface area contributed by atoms with E-state index in [0.717, 1.165) is 87.3 Å². The van der Waals surface area contributed by atoms with Crippen molar-refractivity contribution in [1.29, 1.82) is 0 Å². The Bertz CT molecular complexity index is 2090. The second-order valence-electron chi connectivity index (χ2n) is 12.6. The van der Waals surface area contributed by atoms with E-state index in [1.54, 1.807) is 31.7 Å². The first-order valence-corrected chi connectivity index (χ1v) is 16.8. The van der Waals surface area contributed by atoms with Crippen LogP contribution in [-0.2, 0) is 4.79 Å². The molecule has 1 amide bonds. The van der Waals surface area contributed by atoms with Gasteiger partial charge in [-0.1, -0.05) is 35.9 Å². The third-order valence-electron chi connectivity index (χ3n) is 8.77. The van der Waals surface area contributed by atoms with Gasteiger partial charge in [-0.25, -0.2) is 0 Å². The molecule has 49 heavy (non-hydrogen) atoms. The Hall–Kier alpha value is -5.28. The number of piperidine rings is 1. The summed E-state index contributed by atoms with van der Waals surface area (Å²) in [6, 6.07) is 25.1. The van der Waals surface area contributed by atoms with Gasteiger partial charge in [0.25, 0.3) is 0 Å². The molecule has 0 radical (unpaired) electrons. The molecule has 0 aliphatic carbocycles. The van der Waals surface area contributed by atoms with Crippen LogP contribution in [0.15, 0.2) is 97.6 Å². The van der Waals surface area contributed by atoms with Gasteiger partial charge in [0.2, 0.25) is 5.91 Å². The molecule has 0 unspecified atom stereocenters. The second kappa shape index (κ2) is 14.9. The third-order valence-corrected chi connectivity index (χ3v) is 8.99. The summed E-state index contributed by atoms with van der Waals surface area (Å²) in [7, 11) is 8.13. The maximum Gasteiger partial charge on any atom is 0.219 e. The molecule has 1 fully saturated rings. The normalized spacial score (nSPS) is 13.1. The van der Waals surface area contributed by atoms with Crippen LogP contribution in [0, 0.1) is 0 Å². The number of amides is 1. The number of anilines is 3. The minimum atomic E-state index is 0.160. The predicted octanol–water partition coefficient (Wildman–Crippen LogP) is 7.80. The molecule has 1 aliphatic rings. The summed E-state index contributed by atoms with van der Waals surface area (Å²) in [4.78, 5) is 35.6. The van der Waals surface area contributed by atoms with E-state index in [-0.39, 0.29) is 5.91 Å². The van der Waals surface area contributed by atoms with Gasteiger partial charge in [-0.3, -0.25) is 24.7 Å². The van der Waals surface area contributed by atoms with E-state index in [1.807, 2.05) is 51.3 Å². The maximum absolute atomic E-state index is 11.6. The van der Waals surface area contributed by atoms with Crippen molar-refractivity contribution in [3.05, 3.63) is 103 Å². The highest BCUT2D eigenvalue weighted by atomic mass is 35.5. The average molecular weight is 673 g/mol. The SMILES string of the molecule is CC(=O)N1CCC(Nc2cc(-c3cccc(N(C)C)c3)c3nccnc3c2)CC1.CN(C)c1cccc(-c2cc(Cl)cc3nccnc23)c1. The molecule has 0 spiro atoms. The molecule has 1 saturated heterocycles. The number of hydrogen-bond donors (Lipinski definition) is 1. The van der Waals surface area contributed by atoms with Gasteiger partial charge < -0.3 is 20.0 Å². The molecule has 2 aromatic heterocycles. The molecule has 10 heteroatoms. The Morgan fingerprint density at radius 2 is 1.22 bits per heavy atom. The molecular weight excluding hydrogens is 632 g/mol. The van der Waals surface area contributed by atoms with Gasteiger partial charge in [-0.05, 0) is 72.5 Å². The van der Waals surface area contributed by atoms with Gasteiger partial charge in [-0.15, -0.1) is 0 Å². The highest BCUT2D eigenvalue weighted by Crippen LogP contribution is 2.33. The molecule has 4 aromatic carbocycles. The fraction of sp³-hybridized carbons (Fsp3) is 0.256. The molecule has 7 rings (SSSR count). The van der Waals surface area contributed by atoms with Gasteiger partial charge in [0.1, 0.15) is 0 Å². The minimum absolute atomic E-state index is 0.160. The first-order valence-electron chi connectivity index (χ1n) is 16.4. The summed E-state index contributed by atoms with van der Waals surface area (Å²) < 4.78 is 0. The van der Waals surface area contributed by atoms with Crippen molar-refractivity contribution in [2.75, 3.05) is 56.4 Å². The summed E-state index contributed by atoms with van der Waals surface area (Å²) in [5.41, 5.74) is 11.1. The zero-order valence-corrected chi connectivity index (χ0v) is 29.3. The summed E-state index contributed by atoms with van der Waals surface area (Å²) in [5.74, 6) is 0.160. The zero-order chi connectivity index (χ0) is 34.5. The number of halogens is 1. The molecule has 1 N–H and O–H groups in total. The number of benzene rings is 4. The first kappa shape index (κ1) is 33.6. The van der Waals surface area contributed by atoms with Crippen molar-refractivity contribution in [3.63, 3.8) is 0 Å². The van der Waals surface area contributed by atoms with Crippen molar-refractivity contribution in [3.8, 4) is 22.3 Å².